The largest absolute Gasteiger partial charge is 0.332 e. The summed E-state index contributed by atoms with van der Waals surface area (Å²) in [5.41, 5.74) is 0. The predicted octanol–water partition coefficient (Wildman–Crippen LogP) is 1.61. The maximum absolute atomic E-state index is 11.4. The molecule has 0 aromatic rings. The molecule has 0 radical (unpaired) electrons. The van der Waals surface area contributed by atoms with E-state index < -0.39 is 0 Å². The Morgan fingerprint density at radius 1 is 1.36 bits per heavy atom. The number of nitrogens with zero attached hydrogens (tertiary/aromatic N) is 1. The average Bonchev–Trinajstić information content (AvgIpc) is 2.45. The van der Waals surface area contributed by atoms with E-state index in [1.54, 1.807) is 4.90 Å². The Bertz CT molecular complexity index is 237. The second-order valence-electron chi connectivity index (χ2n) is 4.34. The van der Waals surface area contributed by atoms with Gasteiger partial charge in [0, 0.05) is 6.04 Å². The minimum atomic E-state index is 0.00537. The lowest BCUT2D eigenvalue weighted by Crippen LogP contribution is -2.35. The van der Waals surface area contributed by atoms with Gasteiger partial charge in [-0.2, -0.15) is 0 Å². The molecule has 0 saturated carbocycles. The first-order chi connectivity index (χ1) is 6.54. The second kappa shape index (κ2) is 4.58. The van der Waals surface area contributed by atoms with Crippen molar-refractivity contribution in [2.75, 3.05) is 6.54 Å². The van der Waals surface area contributed by atoms with E-state index in [1.807, 2.05) is 6.92 Å². The maximum Gasteiger partial charge on any atom is 0.230 e. The van der Waals surface area contributed by atoms with Crippen molar-refractivity contribution in [3.05, 3.63) is 0 Å². The number of amides is 1. The quantitative estimate of drug-likeness (QED) is 0.642. The molecule has 0 aliphatic carbocycles. The number of hydrogen-bond donors (Lipinski definition) is 0. The van der Waals surface area contributed by atoms with Crippen molar-refractivity contribution in [2.24, 2.45) is 5.92 Å². The van der Waals surface area contributed by atoms with Crippen LogP contribution in [0.25, 0.3) is 0 Å². The molecular weight excluding hydrogens is 178 g/mol. The number of carbonyl (C=O) groups excluding carboxylic acids is 2. The highest BCUT2D eigenvalue weighted by Gasteiger charge is 2.31. The van der Waals surface area contributed by atoms with E-state index >= 15 is 0 Å². The minimum Gasteiger partial charge on any atom is -0.332 e. The van der Waals surface area contributed by atoms with Gasteiger partial charge in [0.2, 0.25) is 5.91 Å². The topological polar surface area (TPSA) is 37.4 Å². The van der Waals surface area contributed by atoms with Gasteiger partial charge in [0.05, 0.1) is 13.0 Å². The van der Waals surface area contributed by atoms with Gasteiger partial charge in [-0.1, -0.05) is 20.3 Å². The zero-order valence-electron chi connectivity index (χ0n) is 9.25. The Kier molecular flexibility index (Phi) is 3.67. The zero-order valence-corrected chi connectivity index (χ0v) is 9.25. The first kappa shape index (κ1) is 11.2. The number of Topliss-reactive ketones (excluding diaryl/α,β-unsaturated/α-hetero) is 1. The summed E-state index contributed by atoms with van der Waals surface area (Å²) in [4.78, 5) is 24.2. The summed E-state index contributed by atoms with van der Waals surface area (Å²) in [6, 6.07) is 0.212. The molecule has 0 spiro atoms. The molecule has 14 heavy (non-hydrogen) atoms. The molecule has 3 nitrogen and oxygen atoms in total. The van der Waals surface area contributed by atoms with Gasteiger partial charge in [0.25, 0.3) is 0 Å². The molecular formula is C11H19NO2. The molecule has 1 aliphatic rings. The van der Waals surface area contributed by atoms with Crippen LogP contribution in [0.15, 0.2) is 0 Å². The monoisotopic (exact) mass is 197 g/mol. The lowest BCUT2D eigenvalue weighted by Gasteiger charge is -2.25. The fourth-order valence-electron chi connectivity index (χ4n) is 1.88. The van der Waals surface area contributed by atoms with E-state index in [4.69, 9.17) is 0 Å². The summed E-state index contributed by atoms with van der Waals surface area (Å²) >= 11 is 0. The Balaban J connectivity index is 2.48. The molecule has 1 rings (SSSR count). The normalized spacial score (nSPS) is 21.5. The van der Waals surface area contributed by atoms with E-state index in [-0.39, 0.29) is 24.2 Å². The summed E-state index contributed by atoms with van der Waals surface area (Å²) in [7, 11) is 0. The highest BCUT2D eigenvalue weighted by atomic mass is 16.2. The third-order valence-electron chi connectivity index (χ3n) is 2.99. The molecule has 1 heterocycles. The Hall–Kier alpha value is -0.860. The molecule has 0 N–H and O–H groups in total. The molecule has 2 unspecified atom stereocenters. The van der Waals surface area contributed by atoms with Crippen LogP contribution in [0.2, 0.25) is 0 Å². The smallest absolute Gasteiger partial charge is 0.230 e. The number of ketones is 1. The van der Waals surface area contributed by atoms with Gasteiger partial charge in [-0.15, -0.1) is 0 Å². The van der Waals surface area contributed by atoms with Crippen LogP contribution in [0.4, 0.5) is 0 Å². The fourth-order valence-corrected chi connectivity index (χ4v) is 1.88. The number of hydrogen-bond acceptors (Lipinski definition) is 2. The summed E-state index contributed by atoms with van der Waals surface area (Å²) in [6.07, 6.45) is 2.24. The van der Waals surface area contributed by atoms with Crippen LogP contribution in [0, 0.1) is 5.92 Å². The van der Waals surface area contributed by atoms with Gasteiger partial charge in [-0.25, -0.2) is 0 Å². The Labute approximate surface area is 85.5 Å². The minimum absolute atomic E-state index is 0.00537. The Morgan fingerprint density at radius 2 is 2.00 bits per heavy atom. The summed E-state index contributed by atoms with van der Waals surface area (Å²) in [5, 5.41) is 0. The van der Waals surface area contributed by atoms with Crippen LogP contribution in [0.3, 0.4) is 0 Å². The first-order valence-electron chi connectivity index (χ1n) is 5.35. The third-order valence-corrected chi connectivity index (χ3v) is 2.99. The van der Waals surface area contributed by atoms with E-state index in [9.17, 15) is 9.59 Å². The molecule has 1 aliphatic heterocycles. The molecule has 2 atom stereocenters. The third kappa shape index (κ3) is 2.56. The van der Waals surface area contributed by atoms with E-state index in [2.05, 4.69) is 13.8 Å². The van der Waals surface area contributed by atoms with Crippen molar-refractivity contribution in [3.8, 4) is 0 Å². The SMILES string of the molecule is CCC(C)CC(C)N1CC(=O)CC1=O. The van der Waals surface area contributed by atoms with Gasteiger partial charge in [-0.3, -0.25) is 9.59 Å². The van der Waals surface area contributed by atoms with Crippen LogP contribution in [0.5, 0.6) is 0 Å². The summed E-state index contributed by atoms with van der Waals surface area (Å²) in [5.74, 6) is 0.685. The molecule has 80 valence electrons. The maximum atomic E-state index is 11.4. The molecule has 3 heteroatoms. The van der Waals surface area contributed by atoms with Crippen molar-refractivity contribution in [3.63, 3.8) is 0 Å². The number of carbonyl (C=O) groups is 2. The van der Waals surface area contributed by atoms with Crippen LogP contribution in [-0.2, 0) is 9.59 Å². The van der Waals surface area contributed by atoms with Gasteiger partial charge >= 0.3 is 0 Å². The second-order valence-corrected chi connectivity index (χ2v) is 4.34. The highest BCUT2D eigenvalue weighted by Crippen LogP contribution is 2.18. The molecule has 0 aromatic carbocycles. The van der Waals surface area contributed by atoms with Gasteiger partial charge in [0.1, 0.15) is 0 Å². The van der Waals surface area contributed by atoms with E-state index in [1.165, 1.54) is 0 Å². The molecule has 1 fully saturated rings. The average molecular weight is 197 g/mol. The van der Waals surface area contributed by atoms with Crippen molar-refractivity contribution in [1.29, 1.82) is 0 Å². The summed E-state index contributed by atoms with van der Waals surface area (Å²) in [6.45, 7) is 6.69. The lowest BCUT2D eigenvalue weighted by molar-refractivity contribution is -0.129. The first-order valence-corrected chi connectivity index (χ1v) is 5.35. The van der Waals surface area contributed by atoms with E-state index in [0.717, 1.165) is 12.8 Å². The van der Waals surface area contributed by atoms with Crippen LogP contribution in [-0.4, -0.2) is 29.2 Å². The molecule has 0 aromatic heterocycles. The summed E-state index contributed by atoms with van der Waals surface area (Å²) < 4.78 is 0. The Morgan fingerprint density at radius 3 is 2.43 bits per heavy atom. The van der Waals surface area contributed by atoms with Crippen molar-refractivity contribution in [1.82, 2.24) is 4.90 Å². The standard InChI is InChI=1S/C11H19NO2/c1-4-8(2)5-9(3)12-7-10(13)6-11(12)14/h8-9H,4-7H2,1-3H3. The molecule has 1 amide bonds. The van der Waals surface area contributed by atoms with Crippen LogP contribution in [0.1, 0.15) is 40.0 Å². The van der Waals surface area contributed by atoms with Crippen LogP contribution >= 0.6 is 0 Å². The fraction of sp³-hybridized carbons (Fsp3) is 0.818. The van der Waals surface area contributed by atoms with Gasteiger partial charge in [-0.05, 0) is 19.3 Å². The van der Waals surface area contributed by atoms with Gasteiger partial charge < -0.3 is 4.90 Å². The zero-order chi connectivity index (χ0) is 10.7. The van der Waals surface area contributed by atoms with Gasteiger partial charge in [0.15, 0.2) is 5.78 Å². The number of rotatable bonds is 4. The van der Waals surface area contributed by atoms with Crippen LogP contribution < -0.4 is 0 Å². The van der Waals surface area contributed by atoms with E-state index in [0.29, 0.717) is 12.5 Å². The molecule has 0 bridgehead atoms. The number of likely N-dealkylation sites (tertiary alicyclic amines) is 1. The van der Waals surface area contributed by atoms with Crippen molar-refractivity contribution < 1.29 is 9.59 Å². The predicted molar refractivity (Wildman–Crippen MR) is 54.9 cm³/mol. The highest BCUT2D eigenvalue weighted by molar-refractivity contribution is 6.05. The molecule has 1 saturated heterocycles. The lowest BCUT2D eigenvalue weighted by atomic mass is 10.00. The van der Waals surface area contributed by atoms with Crippen molar-refractivity contribution >= 4 is 11.7 Å². The van der Waals surface area contributed by atoms with Crippen molar-refractivity contribution in [2.45, 2.75) is 46.1 Å².